The van der Waals surface area contributed by atoms with Gasteiger partial charge in [-0.15, -0.1) is 0 Å². The zero-order chi connectivity index (χ0) is 22.8. The highest BCUT2D eigenvalue weighted by Crippen LogP contribution is 2.48. The topological polar surface area (TPSA) is 62.5 Å². The normalized spacial score (nSPS) is 17.8. The van der Waals surface area contributed by atoms with Crippen LogP contribution in [0.25, 0.3) is 0 Å². The molecule has 0 bridgehead atoms. The molecule has 5 rings (SSSR count). The highest BCUT2D eigenvalue weighted by Gasteiger charge is 2.45. The van der Waals surface area contributed by atoms with Gasteiger partial charge in [0.15, 0.2) is 5.82 Å². The van der Waals surface area contributed by atoms with Gasteiger partial charge in [0.25, 0.3) is 0 Å². The highest BCUT2D eigenvalue weighted by molar-refractivity contribution is 5.68. The molecule has 0 N–H and O–H groups in total. The van der Waals surface area contributed by atoms with Crippen LogP contribution in [0, 0.1) is 17.1 Å². The fourth-order valence-corrected chi connectivity index (χ4v) is 4.25. The molecular formula is C25H26FN7. The first-order valence-corrected chi connectivity index (χ1v) is 11.2. The number of benzene rings is 2. The van der Waals surface area contributed by atoms with Crippen molar-refractivity contribution < 1.29 is 4.39 Å². The number of hydrogen-bond donors (Lipinski definition) is 0. The van der Waals surface area contributed by atoms with E-state index < -0.39 is 5.41 Å². The maximum absolute atomic E-state index is 15.7. The van der Waals surface area contributed by atoms with Gasteiger partial charge >= 0.3 is 0 Å². The quantitative estimate of drug-likeness (QED) is 0.536. The van der Waals surface area contributed by atoms with E-state index in [0.29, 0.717) is 11.5 Å². The van der Waals surface area contributed by atoms with Gasteiger partial charge in [0.05, 0.1) is 17.2 Å². The van der Waals surface area contributed by atoms with Crippen LogP contribution >= 0.6 is 0 Å². The summed E-state index contributed by atoms with van der Waals surface area (Å²) in [5.74, 6) is 0.170. The Morgan fingerprint density at radius 3 is 2.39 bits per heavy atom. The second-order valence-corrected chi connectivity index (χ2v) is 8.62. The number of aromatic nitrogens is 2. The van der Waals surface area contributed by atoms with Crippen molar-refractivity contribution in [2.75, 3.05) is 43.4 Å². The molecule has 1 aromatic heterocycles. The molecule has 1 saturated carbocycles. The fraction of sp³-hybridized carbons (Fsp3) is 0.320. The van der Waals surface area contributed by atoms with Gasteiger partial charge in [-0.2, -0.15) is 10.3 Å². The minimum absolute atomic E-state index is 0.369. The standard InChI is InChI=1S/C25H26FN7/c1-30-13-15-31(16-14-30)33(21-5-3-2-4-6-21)32(24-9-12-28-19-29-24)23-8-7-20(17-22(23)26)25(18-27)10-11-25/h2-9,12,17,19H,10-11,13-16H2,1H3. The van der Waals surface area contributed by atoms with Gasteiger partial charge in [-0.25, -0.2) is 24.5 Å². The number of piperazine rings is 1. The number of nitriles is 1. The number of para-hydroxylation sites is 1. The molecule has 3 aromatic rings. The molecule has 7 nitrogen and oxygen atoms in total. The number of rotatable bonds is 6. The van der Waals surface area contributed by atoms with E-state index in [1.807, 2.05) is 41.5 Å². The molecule has 0 atom stereocenters. The lowest BCUT2D eigenvalue weighted by Gasteiger charge is -2.46. The molecular weight excluding hydrogens is 417 g/mol. The maximum atomic E-state index is 15.7. The van der Waals surface area contributed by atoms with Crippen molar-refractivity contribution >= 4 is 17.2 Å². The van der Waals surface area contributed by atoms with Crippen molar-refractivity contribution in [2.24, 2.45) is 0 Å². The largest absolute Gasteiger partial charge is 0.304 e. The number of anilines is 3. The number of halogens is 1. The molecule has 1 saturated heterocycles. The third-order valence-corrected chi connectivity index (χ3v) is 6.40. The maximum Gasteiger partial charge on any atom is 0.156 e. The smallest absolute Gasteiger partial charge is 0.156 e. The van der Waals surface area contributed by atoms with Crippen LogP contribution in [0.5, 0.6) is 0 Å². The monoisotopic (exact) mass is 443 g/mol. The van der Waals surface area contributed by atoms with E-state index in [1.165, 1.54) is 12.4 Å². The van der Waals surface area contributed by atoms with Gasteiger partial charge in [-0.05, 0) is 49.7 Å². The Morgan fingerprint density at radius 1 is 1.03 bits per heavy atom. The Kier molecular flexibility index (Phi) is 5.67. The van der Waals surface area contributed by atoms with Gasteiger partial charge in [0.1, 0.15) is 17.8 Å². The lowest BCUT2D eigenvalue weighted by atomic mass is 9.97. The minimum Gasteiger partial charge on any atom is -0.304 e. The van der Waals surface area contributed by atoms with Crippen LogP contribution in [-0.4, -0.2) is 53.1 Å². The molecule has 33 heavy (non-hydrogen) atoms. The summed E-state index contributed by atoms with van der Waals surface area (Å²) in [5, 5.41) is 15.6. The van der Waals surface area contributed by atoms with Gasteiger partial charge in [0, 0.05) is 38.4 Å². The molecule has 1 aliphatic heterocycles. The van der Waals surface area contributed by atoms with Crippen molar-refractivity contribution in [1.29, 1.82) is 5.26 Å². The number of likely N-dealkylation sites (N-methyl/N-ethyl adjacent to an activating group) is 1. The van der Waals surface area contributed by atoms with E-state index in [2.05, 4.69) is 33.0 Å². The summed E-state index contributed by atoms with van der Waals surface area (Å²) in [6, 6.07) is 19.2. The van der Waals surface area contributed by atoms with E-state index in [0.717, 1.165) is 50.3 Å². The molecule has 2 aliphatic rings. The van der Waals surface area contributed by atoms with Crippen LogP contribution in [0.1, 0.15) is 18.4 Å². The number of hydrazine groups is 2. The molecule has 0 unspecified atom stereocenters. The van der Waals surface area contributed by atoms with Gasteiger partial charge < -0.3 is 4.90 Å². The van der Waals surface area contributed by atoms with E-state index in [-0.39, 0.29) is 5.82 Å². The van der Waals surface area contributed by atoms with Gasteiger partial charge in [-0.1, -0.05) is 24.3 Å². The Hall–Kier alpha value is -3.54. The summed E-state index contributed by atoms with van der Waals surface area (Å²) in [7, 11) is 2.10. The molecule has 0 radical (unpaired) electrons. The lowest BCUT2D eigenvalue weighted by Crippen LogP contribution is -2.58. The van der Waals surface area contributed by atoms with Crippen molar-refractivity contribution in [2.45, 2.75) is 18.3 Å². The van der Waals surface area contributed by atoms with Crippen LogP contribution in [0.15, 0.2) is 67.1 Å². The Labute approximate surface area is 193 Å². The first-order valence-electron chi connectivity index (χ1n) is 11.2. The molecule has 8 heteroatoms. The van der Waals surface area contributed by atoms with Gasteiger partial charge in [-0.3, -0.25) is 0 Å². The average molecular weight is 444 g/mol. The fourth-order valence-electron chi connectivity index (χ4n) is 4.25. The lowest BCUT2D eigenvalue weighted by molar-refractivity contribution is 0.141. The first kappa shape index (κ1) is 21.3. The number of nitrogens with zero attached hydrogens (tertiary/aromatic N) is 7. The third-order valence-electron chi connectivity index (χ3n) is 6.40. The zero-order valence-electron chi connectivity index (χ0n) is 18.6. The SMILES string of the molecule is CN1CCN(N(c2ccccc2)N(c2ccncn2)c2ccc(C3(C#N)CC3)cc2F)CC1. The molecule has 2 heterocycles. The van der Waals surface area contributed by atoms with E-state index in [1.54, 1.807) is 23.3 Å². The summed E-state index contributed by atoms with van der Waals surface area (Å²) < 4.78 is 15.7. The Balaban J connectivity index is 1.63. The van der Waals surface area contributed by atoms with Crippen molar-refractivity contribution in [3.05, 3.63) is 78.5 Å². The van der Waals surface area contributed by atoms with Crippen molar-refractivity contribution in [1.82, 2.24) is 19.9 Å². The average Bonchev–Trinajstić information content (AvgIpc) is 3.66. The minimum atomic E-state index is -0.546. The van der Waals surface area contributed by atoms with Crippen LogP contribution in [0.2, 0.25) is 0 Å². The zero-order valence-corrected chi connectivity index (χ0v) is 18.6. The van der Waals surface area contributed by atoms with Crippen molar-refractivity contribution in [3.8, 4) is 6.07 Å². The summed E-state index contributed by atoms with van der Waals surface area (Å²) in [4.78, 5) is 10.8. The molecule has 2 fully saturated rings. The molecule has 0 amide bonds. The number of hydrogen-bond acceptors (Lipinski definition) is 7. The van der Waals surface area contributed by atoms with Crippen LogP contribution in [0.4, 0.5) is 21.6 Å². The van der Waals surface area contributed by atoms with Gasteiger partial charge in [0.2, 0.25) is 0 Å². The third kappa shape index (κ3) is 4.13. The van der Waals surface area contributed by atoms with Crippen molar-refractivity contribution in [3.63, 3.8) is 0 Å². The second-order valence-electron chi connectivity index (χ2n) is 8.62. The van der Waals surface area contributed by atoms with Crippen LogP contribution in [-0.2, 0) is 5.41 Å². The second kappa shape index (κ2) is 8.77. The Bertz CT molecular complexity index is 1140. The highest BCUT2D eigenvalue weighted by atomic mass is 19.1. The van der Waals surface area contributed by atoms with Crippen LogP contribution in [0.3, 0.4) is 0 Å². The predicted octanol–water partition coefficient (Wildman–Crippen LogP) is 3.89. The summed E-state index contributed by atoms with van der Waals surface area (Å²) in [6.07, 6.45) is 4.67. The van der Waals surface area contributed by atoms with E-state index in [9.17, 15) is 5.26 Å². The predicted molar refractivity (Wildman–Crippen MR) is 125 cm³/mol. The summed E-state index contributed by atoms with van der Waals surface area (Å²) in [6.45, 7) is 3.36. The molecule has 1 aliphatic carbocycles. The van der Waals surface area contributed by atoms with E-state index >= 15 is 4.39 Å². The summed E-state index contributed by atoms with van der Waals surface area (Å²) in [5.41, 5.74) is 1.46. The van der Waals surface area contributed by atoms with E-state index in [4.69, 9.17) is 0 Å². The summed E-state index contributed by atoms with van der Waals surface area (Å²) >= 11 is 0. The first-order chi connectivity index (χ1) is 16.1. The Morgan fingerprint density at radius 2 is 1.79 bits per heavy atom. The van der Waals surface area contributed by atoms with Crippen LogP contribution < -0.4 is 10.1 Å². The molecule has 2 aromatic carbocycles. The molecule has 0 spiro atoms. The molecule has 168 valence electrons.